The van der Waals surface area contributed by atoms with Gasteiger partial charge in [-0.15, -0.1) is 0 Å². The van der Waals surface area contributed by atoms with Crippen LogP contribution in [0.1, 0.15) is 36.6 Å². The van der Waals surface area contributed by atoms with E-state index in [2.05, 4.69) is 9.97 Å². The van der Waals surface area contributed by atoms with Gasteiger partial charge < -0.3 is 0 Å². The molecule has 1 fully saturated rings. The van der Waals surface area contributed by atoms with E-state index >= 15 is 0 Å². The molecule has 82 valence electrons. The van der Waals surface area contributed by atoms with E-state index in [1.165, 1.54) is 19.3 Å². The van der Waals surface area contributed by atoms with Crippen LogP contribution in [0.4, 0.5) is 0 Å². The Balaban J connectivity index is 2.30. The first-order chi connectivity index (χ1) is 7.04. The van der Waals surface area contributed by atoms with E-state index in [1.54, 1.807) is 24.2 Å². The molecule has 1 aliphatic rings. The van der Waals surface area contributed by atoms with Gasteiger partial charge in [0.15, 0.2) is 0 Å². The van der Waals surface area contributed by atoms with E-state index in [0.717, 1.165) is 11.4 Å². The Kier molecular flexibility index (Phi) is 2.78. The summed E-state index contributed by atoms with van der Waals surface area (Å²) in [4.78, 5) is 8.39. The zero-order chi connectivity index (χ0) is 10.9. The van der Waals surface area contributed by atoms with Crippen molar-refractivity contribution in [3.8, 4) is 0 Å². The molecule has 1 saturated carbocycles. The lowest BCUT2D eigenvalue weighted by molar-refractivity contribution is 0.410. The third-order valence-corrected chi connectivity index (χ3v) is 3.45. The molecule has 4 heteroatoms. The number of rotatable bonds is 2. The summed E-state index contributed by atoms with van der Waals surface area (Å²) < 4.78 is 11.6. The largest absolute Gasteiger partial charge is 0.268 e. The van der Waals surface area contributed by atoms with E-state index in [-0.39, 0.29) is 0 Å². The van der Waals surface area contributed by atoms with Gasteiger partial charge in [-0.2, -0.15) is 0 Å². The van der Waals surface area contributed by atoms with Crippen LogP contribution in [0.5, 0.6) is 0 Å². The van der Waals surface area contributed by atoms with Crippen molar-refractivity contribution in [1.29, 1.82) is 0 Å². The molecule has 3 nitrogen and oxygen atoms in total. The minimum atomic E-state index is -1.87. The molecule has 1 aromatic heterocycles. The first kappa shape index (κ1) is 10.6. The normalized spacial score (nSPS) is 17.2. The SMILES string of the molecule is CS(C)(=O)=Cc1cc(C2CCC2)ncn1. The second kappa shape index (κ2) is 3.93. The average molecular weight is 224 g/mol. The maximum absolute atomic E-state index is 11.6. The summed E-state index contributed by atoms with van der Waals surface area (Å²) in [6.07, 6.45) is 8.76. The quantitative estimate of drug-likeness (QED) is 0.714. The number of hydrogen-bond acceptors (Lipinski definition) is 3. The van der Waals surface area contributed by atoms with Crippen LogP contribution in [0.3, 0.4) is 0 Å². The molecule has 0 unspecified atom stereocenters. The van der Waals surface area contributed by atoms with E-state index in [9.17, 15) is 4.21 Å². The van der Waals surface area contributed by atoms with Gasteiger partial charge in [0.05, 0.1) is 5.69 Å². The molecule has 0 N–H and O–H groups in total. The Morgan fingerprint density at radius 1 is 1.40 bits per heavy atom. The highest BCUT2D eigenvalue weighted by atomic mass is 32.2. The van der Waals surface area contributed by atoms with Gasteiger partial charge in [0.1, 0.15) is 6.33 Å². The molecule has 1 aromatic rings. The zero-order valence-corrected chi connectivity index (χ0v) is 9.96. The molecule has 0 bridgehead atoms. The summed E-state index contributed by atoms with van der Waals surface area (Å²) in [5.41, 5.74) is 1.90. The molecule has 1 heterocycles. The highest BCUT2D eigenvalue weighted by Crippen LogP contribution is 2.34. The Hall–Kier alpha value is -0.900. The van der Waals surface area contributed by atoms with Crippen LogP contribution in [0.2, 0.25) is 0 Å². The molecule has 0 atom stereocenters. The van der Waals surface area contributed by atoms with Crippen molar-refractivity contribution >= 4 is 14.9 Å². The van der Waals surface area contributed by atoms with Crippen molar-refractivity contribution in [2.45, 2.75) is 25.2 Å². The van der Waals surface area contributed by atoms with E-state index in [0.29, 0.717) is 5.92 Å². The molecular weight excluding hydrogens is 208 g/mol. The van der Waals surface area contributed by atoms with Crippen molar-refractivity contribution in [2.24, 2.45) is 0 Å². The summed E-state index contributed by atoms with van der Waals surface area (Å²) in [5.74, 6) is 0.602. The lowest BCUT2D eigenvalue weighted by Crippen LogP contribution is -2.12. The third-order valence-electron chi connectivity index (χ3n) is 2.64. The second-order valence-electron chi connectivity index (χ2n) is 4.42. The number of aromatic nitrogens is 2. The minimum Gasteiger partial charge on any atom is -0.268 e. The van der Waals surface area contributed by atoms with Crippen molar-refractivity contribution in [1.82, 2.24) is 9.97 Å². The highest BCUT2D eigenvalue weighted by Gasteiger charge is 2.20. The van der Waals surface area contributed by atoms with Crippen molar-refractivity contribution < 1.29 is 4.21 Å². The third kappa shape index (κ3) is 2.78. The Morgan fingerprint density at radius 3 is 2.67 bits per heavy atom. The molecule has 1 aliphatic carbocycles. The number of nitrogens with zero attached hydrogens (tertiary/aromatic N) is 2. The van der Waals surface area contributed by atoms with Gasteiger partial charge in [-0.25, -0.2) is 9.97 Å². The predicted molar refractivity (Wildman–Crippen MR) is 63.8 cm³/mol. The van der Waals surface area contributed by atoms with Crippen molar-refractivity contribution in [3.05, 3.63) is 23.8 Å². The van der Waals surface area contributed by atoms with Crippen molar-refractivity contribution in [2.75, 3.05) is 12.5 Å². The predicted octanol–water partition coefficient (Wildman–Crippen LogP) is 1.44. The number of hydrogen-bond donors (Lipinski definition) is 0. The molecular formula is C11H16N2OS. The lowest BCUT2D eigenvalue weighted by atomic mass is 9.83. The fourth-order valence-electron chi connectivity index (χ4n) is 1.67. The highest BCUT2D eigenvalue weighted by molar-refractivity contribution is 8.00. The van der Waals surface area contributed by atoms with E-state index in [4.69, 9.17) is 0 Å². The average Bonchev–Trinajstić information content (AvgIpc) is 1.97. The van der Waals surface area contributed by atoms with E-state index < -0.39 is 9.52 Å². The van der Waals surface area contributed by atoms with Gasteiger partial charge in [0, 0.05) is 29.5 Å². The van der Waals surface area contributed by atoms with Gasteiger partial charge in [0.2, 0.25) is 0 Å². The van der Waals surface area contributed by atoms with Gasteiger partial charge in [-0.1, -0.05) is 6.42 Å². The monoisotopic (exact) mass is 224 g/mol. The maximum atomic E-state index is 11.6. The van der Waals surface area contributed by atoms with Crippen LogP contribution in [-0.2, 0) is 9.52 Å². The van der Waals surface area contributed by atoms with Crippen LogP contribution in [0, 0.1) is 0 Å². The smallest absolute Gasteiger partial charge is 0.116 e. The van der Waals surface area contributed by atoms with Gasteiger partial charge >= 0.3 is 0 Å². The summed E-state index contributed by atoms with van der Waals surface area (Å²) >= 11 is 0. The fraction of sp³-hybridized carbons (Fsp3) is 0.545. The second-order valence-corrected chi connectivity index (χ2v) is 7.28. The Morgan fingerprint density at radius 2 is 2.13 bits per heavy atom. The summed E-state index contributed by atoms with van der Waals surface area (Å²) in [6, 6.07) is 1.97. The molecule has 15 heavy (non-hydrogen) atoms. The molecule has 0 saturated heterocycles. The van der Waals surface area contributed by atoms with E-state index in [1.807, 2.05) is 6.07 Å². The first-order valence-corrected chi connectivity index (χ1v) is 7.59. The van der Waals surface area contributed by atoms with Gasteiger partial charge in [0.25, 0.3) is 0 Å². The topological polar surface area (TPSA) is 42.9 Å². The molecule has 0 spiro atoms. The molecule has 0 amide bonds. The van der Waals surface area contributed by atoms with Crippen LogP contribution in [0.25, 0.3) is 0 Å². The molecule has 0 aliphatic heterocycles. The first-order valence-electron chi connectivity index (χ1n) is 5.15. The maximum Gasteiger partial charge on any atom is 0.116 e. The standard InChI is InChI=1S/C11H16N2OS/c1-15(2,14)7-10-6-11(13-8-12-10)9-4-3-5-9/h6-9H,3-5H2,1-2H3. The molecule has 2 rings (SSSR count). The van der Waals surface area contributed by atoms with Crippen molar-refractivity contribution in [3.63, 3.8) is 0 Å². The van der Waals surface area contributed by atoms with Crippen LogP contribution >= 0.6 is 0 Å². The molecule has 0 radical (unpaired) electrons. The minimum absolute atomic E-state index is 0.602. The van der Waals surface area contributed by atoms with Crippen LogP contribution in [-0.4, -0.2) is 32.1 Å². The summed E-state index contributed by atoms with van der Waals surface area (Å²) in [5, 5.41) is 1.73. The van der Waals surface area contributed by atoms with Gasteiger partial charge in [-0.05, 0) is 28.4 Å². The van der Waals surface area contributed by atoms with Crippen LogP contribution < -0.4 is 0 Å². The van der Waals surface area contributed by atoms with Crippen LogP contribution in [0.15, 0.2) is 12.4 Å². The Labute approximate surface area is 91.0 Å². The lowest BCUT2D eigenvalue weighted by Gasteiger charge is -2.24. The Bertz CT molecular complexity index is 463. The summed E-state index contributed by atoms with van der Waals surface area (Å²) in [7, 11) is -1.87. The summed E-state index contributed by atoms with van der Waals surface area (Å²) in [6.45, 7) is 0. The fourth-order valence-corrected chi connectivity index (χ4v) is 2.38. The zero-order valence-electron chi connectivity index (χ0n) is 9.14. The molecule has 0 aromatic carbocycles. The van der Waals surface area contributed by atoms with Gasteiger partial charge in [-0.3, -0.25) is 4.21 Å².